The summed E-state index contributed by atoms with van der Waals surface area (Å²) in [7, 11) is -1.10. The molecule has 2 aromatic rings. The van der Waals surface area contributed by atoms with Gasteiger partial charge >= 0.3 is 6.09 Å². The molecular formula is C41H61N5O7S. The summed E-state index contributed by atoms with van der Waals surface area (Å²) < 4.78 is 34.1. The van der Waals surface area contributed by atoms with Gasteiger partial charge in [-0.2, -0.15) is 0 Å². The Morgan fingerprint density at radius 1 is 0.870 bits per heavy atom. The molecule has 298 valence electrons. The number of nitrogens with two attached hydrogens (primary N) is 1. The van der Waals surface area contributed by atoms with Crippen LogP contribution in [0, 0.1) is 11.3 Å². The lowest BCUT2D eigenvalue weighted by Crippen LogP contribution is -2.63. The van der Waals surface area contributed by atoms with Crippen molar-refractivity contribution in [3.8, 4) is 0 Å². The summed E-state index contributed by atoms with van der Waals surface area (Å²) in [6.07, 6.45) is 2.52. The van der Waals surface area contributed by atoms with Crippen molar-refractivity contribution in [3.05, 3.63) is 77.4 Å². The highest BCUT2D eigenvalue weighted by atomic mass is 32.2. The summed E-state index contributed by atoms with van der Waals surface area (Å²) >= 11 is 0. The van der Waals surface area contributed by atoms with Crippen molar-refractivity contribution in [1.29, 1.82) is 0 Å². The van der Waals surface area contributed by atoms with Gasteiger partial charge in [0.25, 0.3) is 15.9 Å². The summed E-state index contributed by atoms with van der Waals surface area (Å²) in [5.41, 5.74) is 5.00. The van der Waals surface area contributed by atoms with Gasteiger partial charge in [-0.3, -0.25) is 19.3 Å². The van der Waals surface area contributed by atoms with Gasteiger partial charge in [-0.15, -0.1) is 0 Å². The Morgan fingerprint density at radius 3 is 1.87 bits per heavy atom. The van der Waals surface area contributed by atoms with Crippen LogP contribution in [-0.2, 0) is 40.1 Å². The minimum atomic E-state index is -4.20. The van der Waals surface area contributed by atoms with E-state index < -0.39 is 73.9 Å². The van der Waals surface area contributed by atoms with Crippen molar-refractivity contribution in [2.24, 2.45) is 17.1 Å². The smallest absolute Gasteiger partial charge is 0.410 e. The minimum Gasteiger partial charge on any atom is -0.444 e. The second-order valence-electron chi connectivity index (χ2n) is 17.5. The van der Waals surface area contributed by atoms with Crippen LogP contribution in [0.25, 0.3) is 0 Å². The quantitative estimate of drug-likeness (QED) is 0.221. The maximum Gasteiger partial charge on any atom is 0.410 e. The van der Waals surface area contributed by atoms with Crippen LogP contribution in [0.4, 0.5) is 4.79 Å². The molecule has 1 fully saturated rings. The molecule has 0 saturated heterocycles. The third-order valence-electron chi connectivity index (χ3n) is 9.93. The average molecular weight is 768 g/mol. The Kier molecular flexibility index (Phi) is 13.3. The highest BCUT2D eigenvalue weighted by Crippen LogP contribution is 2.42. The van der Waals surface area contributed by atoms with Crippen LogP contribution in [-0.4, -0.2) is 79.9 Å². The number of hydrogen-bond donors (Lipinski definition) is 3. The van der Waals surface area contributed by atoms with Crippen molar-refractivity contribution in [2.45, 2.75) is 129 Å². The number of benzene rings is 2. The molecule has 0 aromatic heterocycles. The van der Waals surface area contributed by atoms with Crippen LogP contribution in [0.1, 0.15) is 100 Å². The molecule has 0 spiro atoms. The van der Waals surface area contributed by atoms with Crippen molar-refractivity contribution < 1.29 is 32.3 Å². The molecule has 1 saturated carbocycles. The van der Waals surface area contributed by atoms with Crippen LogP contribution in [0.5, 0.6) is 0 Å². The molecule has 1 aliphatic carbocycles. The monoisotopic (exact) mass is 767 g/mol. The molecule has 0 radical (unpaired) electrons. The Labute approximate surface area is 322 Å². The zero-order chi connectivity index (χ0) is 41.2. The zero-order valence-corrected chi connectivity index (χ0v) is 35.1. The molecule has 0 bridgehead atoms. The largest absolute Gasteiger partial charge is 0.444 e. The Bertz CT molecular complexity index is 1820. The summed E-state index contributed by atoms with van der Waals surface area (Å²) in [5.74, 6) is -2.03. The average Bonchev–Trinajstić information content (AvgIpc) is 3.82. The van der Waals surface area contributed by atoms with E-state index in [9.17, 15) is 27.6 Å². The fraction of sp³-hybridized carbons (Fsp3) is 0.561. The van der Waals surface area contributed by atoms with Gasteiger partial charge in [-0.05, 0) is 75.1 Å². The Balaban J connectivity index is 1.91. The normalized spacial score (nSPS) is 16.5. The van der Waals surface area contributed by atoms with Gasteiger partial charge in [0.2, 0.25) is 11.8 Å². The first kappa shape index (κ1) is 44.2. The van der Waals surface area contributed by atoms with Gasteiger partial charge in [0, 0.05) is 30.6 Å². The number of carbonyl (C=O) groups is 4. The number of hydrogen-bond acceptors (Lipinski definition) is 8. The van der Waals surface area contributed by atoms with Crippen LogP contribution >= 0.6 is 0 Å². The number of likely N-dealkylation sites (N-methyl/N-ethyl adjacent to an activating group) is 2. The van der Waals surface area contributed by atoms with Crippen molar-refractivity contribution >= 4 is 33.8 Å². The number of amides is 4. The van der Waals surface area contributed by atoms with Crippen molar-refractivity contribution in [1.82, 2.24) is 19.8 Å². The highest BCUT2D eigenvalue weighted by molar-refractivity contribution is 7.90. The molecular weight excluding hydrogens is 707 g/mol. The van der Waals surface area contributed by atoms with Crippen molar-refractivity contribution in [2.75, 3.05) is 14.1 Å². The summed E-state index contributed by atoms with van der Waals surface area (Å²) in [6, 6.07) is 12.7. The molecule has 4 N–H and O–H groups in total. The maximum atomic E-state index is 14.5. The van der Waals surface area contributed by atoms with Gasteiger partial charge in [-0.1, -0.05) is 97.0 Å². The topological polar surface area (TPSA) is 168 Å². The second kappa shape index (κ2) is 16.2. The maximum absolute atomic E-state index is 14.5. The lowest BCUT2D eigenvalue weighted by molar-refractivity contribution is -0.141. The van der Waals surface area contributed by atoms with Gasteiger partial charge in [0.05, 0.1) is 10.9 Å². The lowest BCUT2D eigenvalue weighted by Gasteiger charge is -2.42. The highest BCUT2D eigenvalue weighted by Gasteiger charge is 2.46. The van der Waals surface area contributed by atoms with Crippen LogP contribution < -0.4 is 15.8 Å². The van der Waals surface area contributed by atoms with E-state index in [1.165, 1.54) is 35.9 Å². The summed E-state index contributed by atoms with van der Waals surface area (Å²) in [6.45, 7) is 19.7. The summed E-state index contributed by atoms with van der Waals surface area (Å²) in [4.78, 5) is 58.3. The van der Waals surface area contributed by atoms with Crippen LogP contribution in [0.2, 0.25) is 0 Å². The fourth-order valence-electron chi connectivity index (χ4n) is 6.41. The molecule has 4 amide bonds. The van der Waals surface area contributed by atoms with Gasteiger partial charge in [0.15, 0.2) is 0 Å². The van der Waals surface area contributed by atoms with E-state index in [4.69, 9.17) is 10.5 Å². The van der Waals surface area contributed by atoms with E-state index in [0.717, 1.165) is 24.0 Å². The molecule has 0 aliphatic heterocycles. The standard InChI is InChI=1S/C41H61N5O7S/c1-26(2)31(25-27(3)34(47)44-54(51,52)30-21-19-29(20-22-30)41(42)23-24-41)45(12)36(49)32(38(4,5)6)43-35(48)33(46(13)37(50)53-39(7,8)9)40(10,11)28-17-15-14-16-18-28/h14-22,25-26,31-33H,23-24,42H2,1-13H3,(H,43,48)(H,44,47). The number of nitrogens with one attached hydrogen (secondary N) is 2. The minimum absolute atomic E-state index is 0.0702. The number of ether oxygens (including phenoxy) is 1. The van der Waals surface area contributed by atoms with Crippen molar-refractivity contribution in [3.63, 3.8) is 0 Å². The molecule has 54 heavy (non-hydrogen) atoms. The zero-order valence-electron chi connectivity index (χ0n) is 34.2. The molecule has 12 nitrogen and oxygen atoms in total. The SMILES string of the molecule is CC(=CC(C(C)C)N(C)C(=O)C(NC(=O)C(N(C)C(=O)OC(C)(C)C)C(C)(C)c1ccccc1)C(C)(C)C)C(=O)NS(=O)(=O)c1ccc(C2(N)CC2)cc1. The van der Waals surface area contributed by atoms with E-state index in [-0.39, 0.29) is 16.4 Å². The molecule has 0 heterocycles. The van der Waals surface area contributed by atoms with E-state index in [0.29, 0.717) is 0 Å². The Hall–Kier alpha value is -4.23. The number of sulfonamides is 1. The van der Waals surface area contributed by atoms with E-state index in [1.807, 2.05) is 78.8 Å². The first-order valence-electron chi connectivity index (χ1n) is 18.4. The van der Waals surface area contributed by atoms with E-state index in [2.05, 4.69) is 10.0 Å². The molecule has 2 aromatic carbocycles. The van der Waals surface area contributed by atoms with Gasteiger partial charge in [0.1, 0.15) is 17.7 Å². The first-order chi connectivity index (χ1) is 24.6. The van der Waals surface area contributed by atoms with Gasteiger partial charge < -0.3 is 20.7 Å². The number of nitrogens with zero attached hydrogens (tertiary/aromatic N) is 2. The summed E-state index contributed by atoms with van der Waals surface area (Å²) in [5, 5.41) is 2.98. The number of rotatable bonds is 13. The second-order valence-corrected chi connectivity index (χ2v) is 19.2. The van der Waals surface area contributed by atoms with E-state index in [1.54, 1.807) is 46.0 Å². The van der Waals surface area contributed by atoms with Gasteiger partial charge in [-0.25, -0.2) is 17.9 Å². The number of carbonyl (C=O) groups excluding carboxylic acids is 4. The molecule has 13 heteroatoms. The molecule has 1 aliphatic rings. The predicted molar refractivity (Wildman–Crippen MR) is 211 cm³/mol. The predicted octanol–water partition coefficient (Wildman–Crippen LogP) is 5.61. The van der Waals surface area contributed by atoms with E-state index >= 15 is 0 Å². The lowest BCUT2D eigenvalue weighted by atomic mass is 9.76. The molecule has 3 rings (SSSR count). The third-order valence-corrected chi connectivity index (χ3v) is 11.3. The Morgan fingerprint density at radius 2 is 1.41 bits per heavy atom. The third kappa shape index (κ3) is 10.7. The van der Waals surface area contributed by atoms with Crippen LogP contribution in [0.3, 0.4) is 0 Å². The molecule has 3 atom stereocenters. The fourth-order valence-corrected chi connectivity index (χ4v) is 7.42. The first-order valence-corrected chi connectivity index (χ1v) is 19.8. The molecule has 3 unspecified atom stereocenters. The van der Waals surface area contributed by atoms with Crippen LogP contribution in [0.15, 0.2) is 71.1 Å².